The first-order valence-electron chi connectivity index (χ1n) is 4.67. The molecule has 2 heteroatoms. The third-order valence-corrected chi connectivity index (χ3v) is 3.45. The molecule has 3 N–H and O–H groups in total. The Kier molecular flexibility index (Phi) is 1.69. The molecule has 0 saturated heterocycles. The van der Waals surface area contributed by atoms with Gasteiger partial charge in [0, 0.05) is 12.0 Å². The molecule has 0 aromatic carbocycles. The molecule has 11 heavy (non-hydrogen) atoms. The molecular weight excluding hydrogens is 138 g/mol. The first kappa shape index (κ1) is 7.56. The van der Waals surface area contributed by atoms with E-state index in [1.807, 2.05) is 0 Å². The fraction of sp³-hybridized carbons (Fsp3) is 1.00. The second-order valence-corrected chi connectivity index (χ2v) is 4.20. The molecule has 0 aromatic rings. The lowest BCUT2D eigenvalue weighted by molar-refractivity contribution is -0.0406. The van der Waals surface area contributed by atoms with Crippen LogP contribution in [0.3, 0.4) is 0 Å². The lowest BCUT2D eigenvalue weighted by atomic mass is 9.64. The van der Waals surface area contributed by atoms with Gasteiger partial charge in [-0.2, -0.15) is 0 Å². The van der Waals surface area contributed by atoms with Gasteiger partial charge in [-0.3, -0.25) is 0 Å². The molecule has 0 amide bonds. The molecule has 0 radical (unpaired) electrons. The quantitative estimate of drug-likeness (QED) is 0.635. The molecule has 2 fully saturated rings. The van der Waals surface area contributed by atoms with Crippen LogP contribution in [0.1, 0.15) is 32.1 Å². The van der Waals surface area contributed by atoms with Gasteiger partial charge in [0.15, 0.2) is 0 Å². The Labute approximate surface area is 67.8 Å². The van der Waals surface area contributed by atoms with Gasteiger partial charge in [-0.05, 0) is 31.6 Å². The third kappa shape index (κ3) is 1.09. The minimum absolute atomic E-state index is 0.0822. The highest BCUT2D eigenvalue weighted by molar-refractivity contribution is 5.00. The number of aliphatic hydroxyl groups is 1. The Bertz CT molecular complexity index is 144. The summed E-state index contributed by atoms with van der Waals surface area (Å²) in [4.78, 5) is 0. The highest BCUT2D eigenvalue weighted by Gasteiger charge is 2.48. The van der Waals surface area contributed by atoms with Crippen LogP contribution < -0.4 is 5.73 Å². The van der Waals surface area contributed by atoms with E-state index in [1.165, 1.54) is 19.3 Å². The standard InChI is InChI=1S/C9H17NO/c10-6-9(4-1-5-9)8(11)7-2-3-7/h7-8,11H,1-6,10H2. The molecule has 2 saturated carbocycles. The van der Waals surface area contributed by atoms with Crippen molar-refractivity contribution in [2.24, 2.45) is 17.1 Å². The van der Waals surface area contributed by atoms with E-state index < -0.39 is 0 Å². The molecule has 2 nitrogen and oxygen atoms in total. The van der Waals surface area contributed by atoms with Crippen molar-refractivity contribution in [2.45, 2.75) is 38.2 Å². The van der Waals surface area contributed by atoms with E-state index in [1.54, 1.807) is 0 Å². The Morgan fingerprint density at radius 2 is 2.09 bits per heavy atom. The van der Waals surface area contributed by atoms with E-state index in [0.717, 1.165) is 12.8 Å². The van der Waals surface area contributed by atoms with Crippen LogP contribution in [0.15, 0.2) is 0 Å². The fourth-order valence-corrected chi connectivity index (χ4v) is 2.16. The van der Waals surface area contributed by atoms with E-state index in [9.17, 15) is 5.11 Å². The van der Waals surface area contributed by atoms with Gasteiger partial charge in [0.1, 0.15) is 0 Å². The van der Waals surface area contributed by atoms with Crippen LogP contribution in [0, 0.1) is 11.3 Å². The van der Waals surface area contributed by atoms with Crippen molar-refractivity contribution in [3.63, 3.8) is 0 Å². The van der Waals surface area contributed by atoms with Gasteiger partial charge >= 0.3 is 0 Å². The maximum Gasteiger partial charge on any atom is 0.0636 e. The second kappa shape index (κ2) is 2.46. The lowest BCUT2D eigenvalue weighted by Gasteiger charge is -2.45. The minimum Gasteiger partial charge on any atom is -0.392 e. The largest absolute Gasteiger partial charge is 0.392 e. The Morgan fingerprint density at radius 3 is 2.36 bits per heavy atom. The number of nitrogens with two attached hydrogens (primary N) is 1. The molecule has 0 aromatic heterocycles. The lowest BCUT2D eigenvalue weighted by Crippen LogP contribution is -2.48. The van der Waals surface area contributed by atoms with Crippen molar-refractivity contribution in [1.82, 2.24) is 0 Å². The van der Waals surface area contributed by atoms with E-state index in [4.69, 9.17) is 5.73 Å². The molecule has 64 valence electrons. The van der Waals surface area contributed by atoms with Crippen molar-refractivity contribution in [3.05, 3.63) is 0 Å². The Hall–Kier alpha value is -0.0800. The SMILES string of the molecule is NCC1(C(O)C2CC2)CCC1. The smallest absolute Gasteiger partial charge is 0.0636 e. The van der Waals surface area contributed by atoms with Crippen LogP contribution in [-0.4, -0.2) is 17.8 Å². The van der Waals surface area contributed by atoms with Gasteiger partial charge in [0.25, 0.3) is 0 Å². The molecule has 0 bridgehead atoms. The molecule has 2 rings (SSSR count). The molecular formula is C9H17NO. The first-order chi connectivity index (χ1) is 5.28. The average molecular weight is 155 g/mol. The number of hydrogen-bond donors (Lipinski definition) is 2. The predicted octanol–water partition coefficient (Wildman–Crippen LogP) is 0.886. The van der Waals surface area contributed by atoms with E-state index >= 15 is 0 Å². The van der Waals surface area contributed by atoms with Crippen LogP contribution in [0.5, 0.6) is 0 Å². The molecule has 1 unspecified atom stereocenters. The average Bonchev–Trinajstić information content (AvgIpc) is 2.66. The third-order valence-electron chi connectivity index (χ3n) is 3.45. The van der Waals surface area contributed by atoms with E-state index in [-0.39, 0.29) is 11.5 Å². The van der Waals surface area contributed by atoms with Gasteiger partial charge in [0.05, 0.1) is 6.10 Å². The highest BCUT2D eigenvalue weighted by Crippen LogP contribution is 2.50. The van der Waals surface area contributed by atoms with Gasteiger partial charge in [-0.25, -0.2) is 0 Å². The van der Waals surface area contributed by atoms with Crippen LogP contribution in [-0.2, 0) is 0 Å². The van der Waals surface area contributed by atoms with Gasteiger partial charge in [-0.1, -0.05) is 6.42 Å². The number of aliphatic hydroxyl groups excluding tert-OH is 1. The fourth-order valence-electron chi connectivity index (χ4n) is 2.16. The topological polar surface area (TPSA) is 46.2 Å². The molecule has 0 aliphatic heterocycles. The zero-order valence-corrected chi connectivity index (χ0v) is 6.92. The summed E-state index contributed by atoms with van der Waals surface area (Å²) in [6.45, 7) is 0.685. The van der Waals surface area contributed by atoms with Gasteiger partial charge < -0.3 is 10.8 Å². The first-order valence-corrected chi connectivity index (χ1v) is 4.67. The van der Waals surface area contributed by atoms with Gasteiger partial charge in [0.2, 0.25) is 0 Å². The van der Waals surface area contributed by atoms with Crippen molar-refractivity contribution < 1.29 is 5.11 Å². The van der Waals surface area contributed by atoms with Gasteiger partial charge in [-0.15, -0.1) is 0 Å². The maximum absolute atomic E-state index is 9.88. The van der Waals surface area contributed by atoms with E-state index in [2.05, 4.69) is 0 Å². The summed E-state index contributed by atoms with van der Waals surface area (Å²) in [5.74, 6) is 0.596. The van der Waals surface area contributed by atoms with Crippen molar-refractivity contribution in [3.8, 4) is 0 Å². The van der Waals surface area contributed by atoms with Crippen LogP contribution in [0.2, 0.25) is 0 Å². The summed E-state index contributed by atoms with van der Waals surface area (Å²) < 4.78 is 0. The van der Waals surface area contributed by atoms with Crippen molar-refractivity contribution in [1.29, 1.82) is 0 Å². The summed E-state index contributed by atoms with van der Waals surface area (Å²) in [6.07, 6.45) is 5.94. The molecule has 2 aliphatic rings. The molecule has 0 heterocycles. The monoisotopic (exact) mass is 155 g/mol. The summed E-state index contributed by atoms with van der Waals surface area (Å²) in [5.41, 5.74) is 5.82. The summed E-state index contributed by atoms with van der Waals surface area (Å²) in [5, 5.41) is 9.88. The minimum atomic E-state index is -0.0822. The van der Waals surface area contributed by atoms with Crippen LogP contribution >= 0.6 is 0 Å². The van der Waals surface area contributed by atoms with Crippen molar-refractivity contribution >= 4 is 0 Å². The van der Waals surface area contributed by atoms with E-state index in [0.29, 0.717) is 12.5 Å². The zero-order chi connectivity index (χ0) is 7.90. The highest BCUT2D eigenvalue weighted by atomic mass is 16.3. The Balaban J connectivity index is 1.98. The number of hydrogen-bond acceptors (Lipinski definition) is 2. The van der Waals surface area contributed by atoms with Crippen molar-refractivity contribution in [2.75, 3.05) is 6.54 Å². The maximum atomic E-state index is 9.88. The predicted molar refractivity (Wildman–Crippen MR) is 44.1 cm³/mol. The summed E-state index contributed by atoms with van der Waals surface area (Å²) >= 11 is 0. The molecule has 0 spiro atoms. The Morgan fingerprint density at radius 1 is 1.45 bits per heavy atom. The normalized spacial score (nSPS) is 31.1. The second-order valence-electron chi connectivity index (χ2n) is 4.20. The molecule has 1 atom stereocenters. The summed E-state index contributed by atoms with van der Waals surface area (Å²) in [6, 6.07) is 0. The van der Waals surface area contributed by atoms with Crippen LogP contribution in [0.4, 0.5) is 0 Å². The molecule has 2 aliphatic carbocycles. The zero-order valence-electron chi connectivity index (χ0n) is 6.92. The summed E-state index contributed by atoms with van der Waals surface area (Å²) in [7, 11) is 0. The van der Waals surface area contributed by atoms with Crippen LogP contribution in [0.25, 0.3) is 0 Å². The number of rotatable bonds is 3.